The van der Waals surface area contributed by atoms with Crippen molar-refractivity contribution in [2.75, 3.05) is 13.7 Å². The molecule has 9 N–H and O–H groups in total. The number of nitrogens with two attached hydrogens (primary N) is 2. The smallest absolute Gasteiger partial charge is 0.748 e. The van der Waals surface area contributed by atoms with Crippen LogP contribution in [0, 0.1) is 41.4 Å². The Balaban J connectivity index is 0.00000816. The summed E-state index contributed by atoms with van der Waals surface area (Å²) in [5, 5.41) is 51.3. The number of rotatable bonds is 14. The minimum Gasteiger partial charge on any atom is -0.748 e. The van der Waals surface area contributed by atoms with Gasteiger partial charge in [-0.05, 0) is 216 Å². The van der Waals surface area contributed by atoms with Gasteiger partial charge in [0.1, 0.15) is 17.6 Å². The van der Waals surface area contributed by atoms with Crippen molar-refractivity contribution in [3.63, 3.8) is 0 Å². The molecule has 0 spiro atoms. The van der Waals surface area contributed by atoms with Crippen molar-refractivity contribution in [2.24, 2.45) is 46.0 Å². The van der Waals surface area contributed by atoms with Crippen LogP contribution in [-0.2, 0) is 46.4 Å². The molecule has 7 aromatic rings. The fourth-order valence-corrected chi connectivity index (χ4v) is 18.1. The summed E-state index contributed by atoms with van der Waals surface area (Å²) in [5.74, 6) is 4.61. The second kappa shape index (κ2) is 27.6. The summed E-state index contributed by atoms with van der Waals surface area (Å²) in [7, 11) is -3.03. The Labute approximate surface area is 564 Å². The molecule has 5 heterocycles. The van der Waals surface area contributed by atoms with Crippen LogP contribution in [0.15, 0.2) is 168 Å². The standard InChI is InChI=1S/C77H86N4O9S.Na/c1-47-17-18-56-38-64-28-30-67(56)69(47)42-72(91(86,87)88)70-40-60-36-59(39-65-35-49(46-82)12-8-14-55-37-63(83)27-29-68(55)74(60)89-65)73(70)53-23-25-61(26-24-53)77(90-64,81-75(78)79)44-62(34-48-10-4-3-5-11-48)76(85)31-9-15-57(43-76)51-19-21-52(22-20-51)71(84)41-58-33-50(45-80-2)32-54-13-6-7-16-66(54)58;/h3-7,10-11,13,16,19-30,32-33,37-38,40,47,49,57,59,62,65,69-74,80,82-85H,9,12,15,17-18,31,34-36,39,41-46H2,1-2H3,(H4,78,79,81)(H,86,87,88);/q;+1/p-1. The fourth-order valence-electron chi connectivity index (χ4n) is 17.1. The number of fused-ring (bicyclic) bond motifs is 9. The molecule has 10 bridgehead atoms. The SMILES string of the molecule is CNCc1cc(CC(O)c2ccc(C3CCCC(O)(C(Cc4ccccc4)CC4(N=C(N)N)Oc5ccc6c(c5)CCC(C)C6CC(S(=O)(=O)[O-])C5C=C6CC(CC7CC(CO)CC#Cc8cc(O)ccc8C6O7)C5c5ccc4cc5)C3)cc2)c2ccccc2c1.[Na+]. The van der Waals surface area contributed by atoms with Crippen LogP contribution in [0.5, 0.6) is 11.5 Å². The van der Waals surface area contributed by atoms with Crippen LogP contribution in [0.2, 0.25) is 0 Å². The van der Waals surface area contributed by atoms with Gasteiger partial charge in [0.2, 0.25) is 5.72 Å². The van der Waals surface area contributed by atoms with Gasteiger partial charge in [0.05, 0.1) is 33.2 Å². The second-order valence-electron chi connectivity index (χ2n) is 27.4. The molecule has 7 aromatic carbocycles. The number of phenolic OH excluding ortho intramolecular Hbond substituents is 1. The Kier molecular flexibility index (Phi) is 19.7. The van der Waals surface area contributed by atoms with E-state index >= 15 is 0 Å². The van der Waals surface area contributed by atoms with Crippen LogP contribution in [0.3, 0.4) is 0 Å². The van der Waals surface area contributed by atoms with Gasteiger partial charge >= 0.3 is 29.6 Å². The van der Waals surface area contributed by atoms with Gasteiger partial charge in [-0.15, -0.1) is 0 Å². The van der Waals surface area contributed by atoms with Crippen molar-refractivity contribution in [1.29, 1.82) is 0 Å². The van der Waals surface area contributed by atoms with E-state index in [4.69, 9.17) is 25.9 Å². The Morgan fingerprint density at radius 2 is 1.62 bits per heavy atom. The Morgan fingerprint density at radius 3 is 2.38 bits per heavy atom. The van der Waals surface area contributed by atoms with Crippen molar-refractivity contribution < 1.29 is 72.4 Å². The van der Waals surface area contributed by atoms with E-state index < -0.39 is 56.7 Å². The third-order valence-electron chi connectivity index (χ3n) is 21.5. The summed E-state index contributed by atoms with van der Waals surface area (Å²) in [6.45, 7) is 2.79. The van der Waals surface area contributed by atoms with Gasteiger partial charge in [-0.2, -0.15) is 0 Å². The third-order valence-corrected chi connectivity index (χ3v) is 22.8. The monoisotopic (exact) mass is 1260 g/mol. The first-order valence-electron chi connectivity index (χ1n) is 32.9. The zero-order valence-corrected chi connectivity index (χ0v) is 55.9. The minimum absolute atomic E-state index is 0. The largest absolute Gasteiger partial charge is 1.00 e. The van der Waals surface area contributed by atoms with Gasteiger partial charge in [0.25, 0.3) is 0 Å². The van der Waals surface area contributed by atoms with Crippen molar-refractivity contribution in [2.45, 2.75) is 156 Å². The number of aryl methyl sites for hydroxylation is 1. The number of aliphatic hydroxyl groups excluding tert-OH is 2. The number of benzene rings is 7. The molecule has 0 aromatic heterocycles. The maximum atomic E-state index is 14.4. The summed E-state index contributed by atoms with van der Waals surface area (Å²) < 4.78 is 58.0. The fraction of sp³-hybridized carbons (Fsp3) is 0.416. The van der Waals surface area contributed by atoms with Crippen LogP contribution in [0.1, 0.15) is 169 Å². The summed E-state index contributed by atoms with van der Waals surface area (Å²) in [6.07, 6.45) is 7.65. The summed E-state index contributed by atoms with van der Waals surface area (Å²) >= 11 is 0. The van der Waals surface area contributed by atoms with Gasteiger partial charge in [-0.3, -0.25) is 0 Å². The number of nitrogens with one attached hydrogen (secondary N) is 1. The Bertz CT molecular complexity index is 4040. The Morgan fingerprint density at radius 1 is 0.859 bits per heavy atom. The van der Waals surface area contributed by atoms with Crippen LogP contribution < -0.4 is 51.1 Å². The van der Waals surface area contributed by atoms with Gasteiger partial charge in [0.15, 0.2) is 5.96 Å². The van der Waals surface area contributed by atoms with E-state index in [1.807, 2.05) is 104 Å². The van der Waals surface area contributed by atoms with Crippen LogP contribution in [0.4, 0.5) is 0 Å². The van der Waals surface area contributed by atoms with Crippen molar-refractivity contribution in [3.8, 4) is 23.3 Å². The molecule has 1 saturated heterocycles. The molecule has 15 heteroatoms. The van der Waals surface area contributed by atoms with Crippen molar-refractivity contribution in [1.82, 2.24) is 5.32 Å². The number of phenols is 1. The number of allylic oxidation sites excluding steroid dienone is 1. The van der Waals surface area contributed by atoms with E-state index in [1.165, 1.54) is 0 Å². The molecule has 15 rings (SSSR count). The predicted octanol–water partition coefficient (Wildman–Crippen LogP) is 9.30. The van der Waals surface area contributed by atoms with Crippen LogP contribution >= 0.6 is 0 Å². The second-order valence-corrected chi connectivity index (χ2v) is 29.0. The Hall–Kier alpha value is -6.32. The number of guanidine groups is 1. The van der Waals surface area contributed by atoms with E-state index in [1.54, 1.807) is 12.1 Å². The van der Waals surface area contributed by atoms with Crippen molar-refractivity contribution >= 4 is 26.9 Å². The molecule has 14 atom stereocenters. The van der Waals surface area contributed by atoms with E-state index in [0.717, 1.165) is 92.2 Å². The number of ether oxygens (including phenoxy) is 2. The number of hydrogen-bond acceptors (Lipinski definition) is 11. The summed E-state index contributed by atoms with van der Waals surface area (Å²) in [6, 6.07) is 50.4. The first-order valence-corrected chi connectivity index (χ1v) is 34.4. The van der Waals surface area contributed by atoms with Crippen LogP contribution in [0.25, 0.3) is 10.8 Å². The van der Waals surface area contributed by atoms with E-state index in [2.05, 4.69) is 72.6 Å². The molecule has 2 fully saturated rings. The van der Waals surface area contributed by atoms with Gasteiger partial charge in [-0.25, -0.2) is 13.4 Å². The summed E-state index contributed by atoms with van der Waals surface area (Å²) in [5.41, 5.74) is 21.4. The van der Waals surface area contributed by atoms with E-state index in [0.29, 0.717) is 74.7 Å². The molecule has 3 aliphatic carbocycles. The third kappa shape index (κ3) is 13.8. The number of hydrogen-bond donors (Lipinski definition) is 7. The molecule has 0 amide bonds. The number of aromatic hydroxyl groups is 1. The molecule has 474 valence electrons. The zero-order chi connectivity index (χ0) is 63.2. The van der Waals surface area contributed by atoms with Crippen LogP contribution in [-0.4, -0.2) is 70.0 Å². The zero-order valence-electron chi connectivity index (χ0n) is 53.1. The van der Waals surface area contributed by atoms with Gasteiger partial charge in [0, 0.05) is 49.1 Å². The normalized spacial score (nSPS) is 28.1. The molecular formula is C77H85N4NaO9S. The average molecular weight is 1270 g/mol. The molecule has 5 aliphatic heterocycles. The maximum Gasteiger partial charge on any atom is 1.00 e. The van der Waals surface area contributed by atoms with Gasteiger partial charge < -0.3 is 51.2 Å². The predicted molar refractivity (Wildman–Crippen MR) is 355 cm³/mol. The number of aliphatic hydroxyl groups is 3. The van der Waals surface area contributed by atoms with E-state index in [-0.39, 0.29) is 96.4 Å². The van der Waals surface area contributed by atoms with E-state index in [9.17, 15) is 33.4 Å². The first kappa shape index (κ1) is 65.7. The molecular weight excluding hydrogens is 1180 g/mol. The molecule has 0 radical (unpaired) electrons. The minimum atomic E-state index is -4.97. The van der Waals surface area contributed by atoms with Crippen molar-refractivity contribution in [3.05, 3.63) is 225 Å². The number of aliphatic imine (C=N–C) groups is 1. The first-order chi connectivity index (χ1) is 43.9. The summed E-state index contributed by atoms with van der Waals surface area (Å²) in [4.78, 5) is 5.19. The molecule has 14 unspecified atom stereocenters. The molecule has 1 saturated carbocycles. The molecule has 8 aliphatic rings. The maximum absolute atomic E-state index is 14.4. The number of nitrogens with zero attached hydrogens (tertiary/aromatic N) is 1. The molecule has 13 nitrogen and oxygen atoms in total. The molecule has 92 heavy (non-hydrogen) atoms. The average Bonchev–Trinajstić information content (AvgIpc) is 1.23. The quantitative estimate of drug-likeness (QED) is 0.0135. The topological polar surface area (TPSA) is 233 Å². The van der Waals surface area contributed by atoms with Gasteiger partial charge in [-0.1, -0.05) is 146 Å².